The van der Waals surface area contributed by atoms with Crippen molar-refractivity contribution in [1.29, 1.82) is 0 Å². The van der Waals surface area contributed by atoms with Gasteiger partial charge in [0.15, 0.2) is 8.32 Å². The highest BCUT2D eigenvalue weighted by Crippen LogP contribution is 2.43. The fraction of sp³-hybridized carbons (Fsp3) is 0.607. The van der Waals surface area contributed by atoms with Crippen molar-refractivity contribution in [3.63, 3.8) is 0 Å². The zero-order valence-corrected chi connectivity index (χ0v) is 24.2. The molecule has 36 heavy (non-hydrogen) atoms. The summed E-state index contributed by atoms with van der Waals surface area (Å²) in [7, 11) is -1.00. The van der Waals surface area contributed by atoms with E-state index in [0.717, 1.165) is 12.7 Å². The maximum Gasteiger partial charge on any atom is 0.432 e. The molecule has 0 fully saturated rings. The number of allylic oxidation sites excluding steroid dienone is 2. The van der Waals surface area contributed by atoms with Gasteiger partial charge in [0, 0.05) is 19.3 Å². The first kappa shape index (κ1) is 32.1. The Labute approximate surface area is 216 Å². The van der Waals surface area contributed by atoms with Crippen LogP contribution in [-0.4, -0.2) is 40.3 Å². The van der Waals surface area contributed by atoms with Crippen molar-refractivity contribution >= 4 is 14.3 Å². The molecule has 0 spiro atoms. The minimum absolute atomic E-state index is 0.117. The van der Waals surface area contributed by atoms with E-state index in [1.54, 1.807) is 26.0 Å². The van der Waals surface area contributed by atoms with Crippen LogP contribution in [0.15, 0.2) is 54.1 Å². The molecule has 204 valence electrons. The molecule has 0 N–H and O–H groups in total. The number of rotatable bonds is 12. The van der Waals surface area contributed by atoms with Gasteiger partial charge in [-0.05, 0) is 49.4 Å². The van der Waals surface area contributed by atoms with E-state index >= 15 is 0 Å². The average molecular weight is 529 g/mol. The second-order valence-electron chi connectivity index (χ2n) is 11.0. The number of halogens is 3. The third kappa shape index (κ3) is 7.80. The smallest absolute Gasteiger partial charge is 0.432 e. The minimum atomic E-state index is -5.01. The Bertz CT molecular complexity index is 904. The number of hydrogen-bond donors (Lipinski definition) is 0. The van der Waals surface area contributed by atoms with Crippen LogP contribution in [0.5, 0.6) is 0 Å². The number of methoxy groups -OCH3 is 1. The van der Waals surface area contributed by atoms with E-state index in [-0.39, 0.29) is 16.5 Å². The highest BCUT2D eigenvalue weighted by atomic mass is 28.4. The van der Waals surface area contributed by atoms with Gasteiger partial charge in [0.1, 0.15) is 6.10 Å². The zero-order chi connectivity index (χ0) is 27.9. The first-order valence-corrected chi connectivity index (χ1v) is 15.2. The normalized spacial score (nSPS) is 16.7. The van der Waals surface area contributed by atoms with Crippen LogP contribution in [0.25, 0.3) is 0 Å². The van der Waals surface area contributed by atoms with E-state index < -0.39 is 32.2 Å². The Kier molecular flexibility index (Phi) is 11.2. The Hall–Kier alpha value is -1.90. The summed E-state index contributed by atoms with van der Waals surface area (Å²) in [6.07, 6.45) is -3.12. The number of esters is 1. The third-order valence-electron chi connectivity index (χ3n) is 6.88. The molecule has 0 amide bonds. The summed E-state index contributed by atoms with van der Waals surface area (Å²) in [6, 6.07) is 6.82. The molecule has 0 aromatic heterocycles. The van der Waals surface area contributed by atoms with E-state index in [9.17, 15) is 18.0 Å². The summed E-state index contributed by atoms with van der Waals surface area (Å²) in [5, 5.41) is 0.117. The van der Waals surface area contributed by atoms with Gasteiger partial charge in [-0.15, -0.1) is 0 Å². The van der Waals surface area contributed by atoms with Crippen LogP contribution < -0.4 is 0 Å². The second kappa shape index (κ2) is 12.6. The first-order chi connectivity index (χ1) is 16.4. The first-order valence-electron chi connectivity index (χ1n) is 12.3. The Morgan fingerprint density at radius 3 is 2.14 bits per heavy atom. The molecule has 8 heteroatoms. The molecule has 0 radical (unpaired) electrons. The van der Waals surface area contributed by atoms with Gasteiger partial charge in [0.25, 0.3) is 5.60 Å². The van der Waals surface area contributed by atoms with E-state index in [1.807, 2.05) is 0 Å². The van der Waals surface area contributed by atoms with E-state index in [1.165, 1.54) is 24.3 Å². The van der Waals surface area contributed by atoms with Gasteiger partial charge in [-0.1, -0.05) is 83.2 Å². The van der Waals surface area contributed by atoms with Crippen LogP contribution in [0.2, 0.25) is 18.1 Å². The maximum atomic E-state index is 14.2. The third-order valence-corrected chi connectivity index (χ3v) is 11.4. The van der Waals surface area contributed by atoms with Gasteiger partial charge in [-0.3, -0.25) is 0 Å². The molecule has 1 rings (SSSR count). The largest absolute Gasteiger partial charge is 0.455 e. The van der Waals surface area contributed by atoms with Crippen LogP contribution in [-0.2, 0) is 24.3 Å². The fourth-order valence-corrected chi connectivity index (χ4v) is 4.78. The SMILES string of the molecule is C=C(/C=C(\C)[C@H](CC)OC(=O)[C@@](OC)(c1ccccc1)C(F)(F)F)C[C@H](C)CO[Si](C)(C)C(C)(C)C. The van der Waals surface area contributed by atoms with Crippen LogP contribution in [0.1, 0.15) is 59.9 Å². The fourth-order valence-electron chi connectivity index (χ4n) is 3.64. The van der Waals surface area contributed by atoms with Gasteiger partial charge in [-0.25, -0.2) is 4.79 Å². The topological polar surface area (TPSA) is 44.8 Å². The number of carbonyl (C=O) groups excluding carboxylic acids is 1. The molecule has 0 saturated carbocycles. The van der Waals surface area contributed by atoms with Crippen molar-refractivity contribution in [2.75, 3.05) is 13.7 Å². The quantitative estimate of drug-likeness (QED) is 0.157. The summed E-state index contributed by atoms with van der Waals surface area (Å²) >= 11 is 0. The number of alkyl halides is 3. The van der Waals surface area contributed by atoms with Crippen LogP contribution in [0.3, 0.4) is 0 Å². The number of hydrogen-bond acceptors (Lipinski definition) is 4. The van der Waals surface area contributed by atoms with E-state index in [4.69, 9.17) is 13.9 Å². The second-order valence-corrected chi connectivity index (χ2v) is 15.8. The van der Waals surface area contributed by atoms with Gasteiger partial charge in [0.2, 0.25) is 0 Å². The lowest BCUT2D eigenvalue weighted by atomic mass is 9.92. The lowest BCUT2D eigenvalue weighted by Gasteiger charge is -2.37. The van der Waals surface area contributed by atoms with E-state index in [2.05, 4.69) is 47.4 Å². The molecule has 0 aliphatic carbocycles. The van der Waals surface area contributed by atoms with Crippen LogP contribution in [0.4, 0.5) is 13.2 Å². The van der Waals surface area contributed by atoms with Crippen molar-refractivity contribution in [2.24, 2.45) is 5.92 Å². The van der Waals surface area contributed by atoms with Crippen molar-refractivity contribution in [1.82, 2.24) is 0 Å². The molecular weight excluding hydrogens is 485 g/mol. The molecule has 0 bridgehead atoms. The highest BCUT2D eigenvalue weighted by Gasteiger charge is 2.64. The Balaban J connectivity index is 3.00. The summed E-state index contributed by atoms with van der Waals surface area (Å²) in [5.74, 6) is -1.28. The summed E-state index contributed by atoms with van der Waals surface area (Å²) in [5.41, 5.74) is -2.13. The molecule has 0 heterocycles. The average Bonchev–Trinajstić information content (AvgIpc) is 2.75. The number of ether oxygens (including phenoxy) is 2. The van der Waals surface area contributed by atoms with Crippen LogP contribution >= 0.6 is 0 Å². The number of benzene rings is 1. The Morgan fingerprint density at radius 2 is 1.69 bits per heavy atom. The summed E-state index contributed by atoms with van der Waals surface area (Å²) in [4.78, 5) is 13.0. The Morgan fingerprint density at radius 1 is 1.14 bits per heavy atom. The molecule has 1 aromatic rings. The van der Waals surface area contributed by atoms with Gasteiger partial charge >= 0.3 is 12.1 Å². The predicted octanol–water partition coefficient (Wildman–Crippen LogP) is 7.96. The summed E-state index contributed by atoms with van der Waals surface area (Å²) < 4.78 is 59.1. The minimum Gasteiger partial charge on any atom is -0.455 e. The number of carbonyl (C=O) groups is 1. The molecule has 0 aliphatic heterocycles. The molecule has 0 unspecified atom stereocenters. The molecule has 0 saturated heterocycles. The molecule has 3 atom stereocenters. The lowest BCUT2D eigenvalue weighted by molar-refractivity contribution is -0.277. The van der Waals surface area contributed by atoms with Gasteiger partial charge in [0.05, 0.1) is 0 Å². The highest BCUT2D eigenvalue weighted by molar-refractivity contribution is 6.74. The predicted molar refractivity (Wildman–Crippen MR) is 141 cm³/mol. The molecule has 1 aromatic carbocycles. The standard InChI is InChI=1S/C28H43F3O4Si/c1-11-24(22(4)18-20(2)17-21(3)19-34-36(9,10)26(5,6)7)35-25(32)27(33-8,28(29,30)31)23-15-13-12-14-16-23/h12-16,18,21,24H,2,11,17,19H2,1,3-10H3/b22-18+/t21-,24-,27-/m0/s1. The maximum absolute atomic E-state index is 14.2. The monoisotopic (exact) mass is 528 g/mol. The lowest BCUT2D eigenvalue weighted by Crippen LogP contribution is -2.52. The molecular formula is C28H43F3O4Si. The van der Waals surface area contributed by atoms with Crippen molar-refractivity contribution in [3.8, 4) is 0 Å². The van der Waals surface area contributed by atoms with Crippen molar-refractivity contribution in [3.05, 3.63) is 59.7 Å². The molecule has 0 aliphatic rings. The van der Waals surface area contributed by atoms with Crippen molar-refractivity contribution in [2.45, 2.75) is 90.4 Å². The van der Waals surface area contributed by atoms with Gasteiger partial charge < -0.3 is 13.9 Å². The van der Waals surface area contributed by atoms with Crippen molar-refractivity contribution < 1.29 is 31.9 Å². The van der Waals surface area contributed by atoms with Gasteiger partial charge in [-0.2, -0.15) is 13.2 Å². The van der Waals surface area contributed by atoms with Crippen LogP contribution in [0, 0.1) is 5.92 Å². The zero-order valence-electron chi connectivity index (χ0n) is 23.2. The molecule has 4 nitrogen and oxygen atoms in total. The summed E-state index contributed by atoms with van der Waals surface area (Å²) in [6.45, 7) is 21.2. The van der Waals surface area contributed by atoms with E-state index in [0.29, 0.717) is 25.0 Å².